The second kappa shape index (κ2) is 8.35. The van der Waals surface area contributed by atoms with Crippen molar-refractivity contribution in [1.82, 2.24) is 0 Å². The SMILES string of the molecule is COC(=O)C(CCCCOc1cccc(C)c1)C(C)=O. The van der Waals surface area contributed by atoms with Crippen LogP contribution in [0.4, 0.5) is 0 Å². The smallest absolute Gasteiger partial charge is 0.316 e. The molecular formula is C16H22O4. The van der Waals surface area contributed by atoms with E-state index >= 15 is 0 Å². The molecule has 1 aromatic rings. The van der Waals surface area contributed by atoms with Crippen molar-refractivity contribution in [2.45, 2.75) is 33.1 Å². The molecule has 0 fully saturated rings. The molecule has 110 valence electrons. The van der Waals surface area contributed by atoms with Gasteiger partial charge in [0, 0.05) is 0 Å². The van der Waals surface area contributed by atoms with Crippen LogP contribution in [0.2, 0.25) is 0 Å². The van der Waals surface area contributed by atoms with E-state index in [1.54, 1.807) is 0 Å². The molecular weight excluding hydrogens is 256 g/mol. The van der Waals surface area contributed by atoms with Crippen molar-refractivity contribution in [2.75, 3.05) is 13.7 Å². The number of aryl methyl sites for hydroxylation is 1. The first-order valence-electron chi connectivity index (χ1n) is 6.82. The molecule has 1 aromatic carbocycles. The largest absolute Gasteiger partial charge is 0.494 e. The predicted molar refractivity (Wildman–Crippen MR) is 76.7 cm³/mol. The van der Waals surface area contributed by atoms with Crippen LogP contribution in [0.25, 0.3) is 0 Å². The number of ether oxygens (including phenoxy) is 2. The topological polar surface area (TPSA) is 52.6 Å². The van der Waals surface area contributed by atoms with E-state index in [0.29, 0.717) is 13.0 Å². The first-order chi connectivity index (χ1) is 9.54. The highest BCUT2D eigenvalue weighted by Gasteiger charge is 2.23. The summed E-state index contributed by atoms with van der Waals surface area (Å²) in [5, 5.41) is 0. The molecule has 0 radical (unpaired) electrons. The molecule has 1 atom stereocenters. The van der Waals surface area contributed by atoms with Gasteiger partial charge in [0.15, 0.2) is 0 Å². The Bertz CT molecular complexity index is 454. The zero-order valence-corrected chi connectivity index (χ0v) is 12.3. The molecule has 1 unspecified atom stereocenters. The maximum Gasteiger partial charge on any atom is 0.316 e. The second-order valence-corrected chi connectivity index (χ2v) is 4.85. The Morgan fingerprint density at radius 3 is 2.60 bits per heavy atom. The third kappa shape index (κ3) is 5.43. The minimum absolute atomic E-state index is 0.142. The lowest BCUT2D eigenvalue weighted by atomic mass is 9.98. The summed E-state index contributed by atoms with van der Waals surface area (Å²) >= 11 is 0. The highest BCUT2D eigenvalue weighted by atomic mass is 16.5. The van der Waals surface area contributed by atoms with Crippen LogP contribution in [0, 0.1) is 12.8 Å². The first-order valence-corrected chi connectivity index (χ1v) is 6.82. The summed E-state index contributed by atoms with van der Waals surface area (Å²) in [6.07, 6.45) is 2.07. The third-order valence-electron chi connectivity index (χ3n) is 3.12. The van der Waals surface area contributed by atoms with Crippen molar-refractivity contribution in [2.24, 2.45) is 5.92 Å². The van der Waals surface area contributed by atoms with Crippen molar-refractivity contribution in [3.05, 3.63) is 29.8 Å². The van der Waals surface area contributed by atoms with Crippen LogP contribution in [0.15, 0.2) is 24.3 Å². The molecule has 1 rings (SSSR count). The maximum absolute atomic E-state index is 11.4. The summed E-state index contributed by atoms with van der Waals surface area (Å²) in [6, 6.07) is 7.86. The molecule has 4 nitrogen and oxygen atoms in total. The molecule has 0 saturated heterocycles. The van der Waals surface area contributed by atoms with Crippen molar-refractivity contribution in [1.29, 1.82) is 0 Å². The number of hydrogen-bond donors (Lipinski definition) is 0. The Hall–Kier alpha value is -1.84. The lowest BCUT2D eigenvalue weighted by Gasteiger charge is -2.11. The van der Waals surface area contributed by atoms with Crippen molar-refractivity contribution < 1.29 is 19.1 Å². The number of ketones is 1. The number of unbranched alkanes of at least 4 members (excludes halogenated alkanes) is 1. The Labute approximate surface area is 120 Å². The van der Waals surface area contributed by atoms with Crippen molar-refractivity contribution >= 4 is 11.8 Å². The Balaban J connectivity index is 2.27. The molecule has 0 aliphatic rings. The second-order valence-electron chi connectivity index (χ2n) is 4.85. The summed E-state index contributed by atoms with van der Waals surface area (Å²) in [7, 11) is 1.30. The van der Waals surface area contributed by atoms with E-state index < -0.39 is 11.9 Å². The summed E-state index contributed by atoms with van der Waals surface area (Å²) in [5.41, 5.74) is 1.16. The van der Waals surface area contributed by atoms with Crippen LogP contribution in [-0.4, -0.2) is 25.5 Å². The number of esters is 1. The van der Waals surface area contributed by atoms with Gasteiger partial charge < -0.3 is 9.47 Å². The minimum atomic E-state index is -0.640. The van der Waals surface area contributed by atoms with Gasteiger partial charge >= 0.3 is 5.97 Å². The molecule has 0 aromatic heterocycles. The lowest BCUT2D eigenvalue weighted by molar-refractivity contribution is -0.149. The van der Waals surface area contributed by atoms with Gasteiger partial charge in [-0.15, -0.1) is 0 Å². The maximum atomic E-state index is 11.4. The highest BCUT2D eigenvalue weighted by molar-refractivity contribution is 5.97. The van der Waals surface area contributed by atoms with E-state index in [-0.39, 0.29) is 5.78 Å². The number of rotatable bonds is 8. The zero-order valence-electron chi connectivity index (χ0n) is 12.3. The van der Waals surface area contributed by atoms with Gasteiger partial charge in [-0.05, 0) is 50.8 Å². The van der Waals surface area contributed by atoms with E-state index in [0.717, 1.165) is 24.2 Å². The van der Waals surface area contributed by atoms with Gasteiger partial charge in [-0.3, -0.25) is 9.59 Å². The number of methoxy groups -OCH3 is 1. The molecule has 20 heavy (non-hydrogen) atoms. The fraction of sp³-hybridized carbons (Fsp3) is 0.500. The van der Waals surface area contributed by atoms with Gasteiger partial charge in [0.05, 0.1) is 13.7 Å². The van der Waals surface area contributed by atoms with Crippen LogP contribution < -0.4 is 4.74 Å². The van der Waals surface area contributed by atoms with Crippen molar-refractivity contribution in [3.63, 3.8) is 0 Å². The van der Waals surface area contributed by atoms with Crippen LogP contribution in [0.1, 0.15) is 31.7 Å². The Morgan fingerprint density at radius 1 is 1.25 bits per heavy atom. The molecule has 0 saturated carbocycles. The highest BCUT2D eigenvalue weighted by Crippen LogP contribution is 2.15. The average Bonchev–Trinajstić information content (AvgIpc) is 2.41. The van der Waals surface area contributed by atoms with Gasteiger partial charge in [0.2, 0.25) is 0 Å². The fourth-order valence-corrected chi connectivity index (χ4v) is 1.98. The van der Waals surface area contributed by atoms with Crippen LogP contribution in [0.5, 0.6) is 5.75 Å². The standard InChI is InChI=1S/C16H22O4/c1-12-7-6-8-14(11-12)20-10-5-4-9-15(13(2)17)16(18)19-3/h6-8,11,15H,4-5,9-10H2,1-3H3. The molecule has 0 bridgehead atoms. The number of benzene rings is 1. The van der Waals surface area contributed by atoms with Gasteiger partial charge in [-0.25, -0.2) is 0 Å². The monoisotopic (exact) mass is 278 g/mol. The summed E-state index contributed by atoms with van der Waals surface area (Å²) in [5.74, 6) is -0.381. The average molecular weight is 278 g/mol. The van der Waals surface area contributed by atoms with Gasteiger partial charge in [0.1, 0.15) is 17.5 Å². The predicted octanol–water partition coefficient (Wildman–Crippen LogP) is 2.92. The Morgan fingerprint density at radius 2 is 2.00 bits per heavy atom. The molecule has 0 N–H and O–H groups in total. The van der Waals surface area contributed by atoms with Crippen molar-refractivity contribution in [3.8, 4) is 5.75 Å². The Kier molecular flexibility index (Phi) is 6.77. The van der Waals surface area contributed by atoms with Crippen LogP contribution in [0.3, 0.4) is 0 Å². The molecule has 0 amide bonds. The van der Waals surface area contributed by atoms with Gasteiger partial charge in [-0.2, -0.15) is 0 Å². The minimum Gasteiger partial charge on any atom is -0.494 e. The van der Waals surface area contributed by atoms with Crippen LogP contribution in [-0.2, 0) is 14.3 Å². The summed E-state index contributed by atoms with van der Waals surface area (Å²) in [4.78, 5) is 22.7. The van der Waals surface area contributed by atoms with Gasteiger partial charge in [0.25, 0.3) is 0 Å². The molecule has 0 aliphatic heterocycles. The molecule has 4 heteroatoms. The molecule has 0 aliphatic carbocycles. The first kappa shape index (κ1) is 16.2. The van der Waals surface area contributed by atoms with E-state index in [1.165, 1.54) is 14.0 Å². The zero-order chi connectivity index (χ0) is 15.0. The third-order valence-corrected chi connectivity index (χ3v) is 3.12. The molecule has 0 heterocycles. The normalized spacial score (nSPS) is 11.8. The lowest BCUT2D eigenvalue weighted by Crippen LogP contribution is -2.23. The van der Waals surface area contributed by atoms with E-state index in [2.05, 4.69) is 4.74 Å². The van der Waals surface area contributed by atoms with Crippen LogP contribution >= 0.6 is 0 Å². The van der Waals surface area contributed by atoms with E-state index in [9.17, 15) is 9.59 Å². The number of carbonyl (C=O) groups is 2. The number of Topliss-reactive ketones (excluding diaryl/α,β-unsaturated/α-hetero) is 1. The quantitative estimate of drug-likeness (QED) is 0.417. The summed E-state index contributed by atoms with van der Waals surface area (Å²) in [6.45, 7) is 4.01. The van der Waals surface area contributed by atoms with E-state index in [1.807, 2.05) is 31.2 Å². The number of carbonyl (C=O) groups excluding carboxylic acids is 2. The number of hydrogen-bond acceptors (Lipinski definition) is 4. The molecule has 0 spiro atoms. The van der Waals surface area contributed by atoms with Gasteiger partial charge in [-0.1, -0.05) is 12.1 Å². The summed E-state index contributed by atoms with van der Waals surface area (Å²) < 4.78 is 10.2. The fourth-order valence-electron chi connectivity index (χ4n) is 1.98. The van der Waals surface area contributed by atoms with E-state index in [4.69, 9.17) is 4.74 Å².